The van der Waals surface area contributed by atoms with Gasteiger partial charge in [-0.2, -0.15) is 11.8 Å². The number of nitrogens with zero attached hydrogens (tertiary/aromatic N) is 1. The van der Waals surface area contributed by atoms with Crippen LogP contribution in [-0.2, 0) is 4.74 Å². The SMILES string of the molecule is CCCC1(N)CN(C2CCOC3(CCSC3)C2)C1. The summed E-state index contributed by atoms with van der Waals surface area (Å²) >= 11 is 2.06. The van der Waals surface area contributed by atoms with Crippen LogP contribution in [-0.4, -0.2) is 53.3 Å². The summed E-state index contributed by atoms with van der Waals surface area (Å²) in [7, 11) is 0. The Bertz CT molecular complexity index is 298. The normalized spacial score (nSPS) is 40.0. The lowest BCUT2D eigenvalue weighted by Crippen LogP contribution is -2.70. The van der Waals surface area contributed by atoms with Crippen LogP contribution in [0.2, 0.25) is 0 Å². The van der Waals surface area contributed by atoms with E-state index in [2.05, 4.69) is 23.6 Å². The smallest absolute Gasteiger partial charge is 0.0795 e. The van der Waals surface area contributed by atoms with Crippen LogP contribution in [0.3, 0.4) is 0 Å². The van der Waals surface area contributed by atoms with Crippen molar-refractivity contribution in [2.24, 2.45) is 5.73 Å². The van der Waals surface area contributed by atoms with E-state index in [1.165, 1.54) is 43.6 Å². The molecule has 0 aromatic heterocycles. The highest BCUT2D eigenvalue weighted by molar-refractivity contribution is 7.99. The zero-order valence-electron chi connectivity index (χ0n) is 11.5. The van der Waals surface area contributed by atoms with Crippen molar-refractivity contribution in [2.45, 2.75) is 56.2 Å². The first kappa shape index (κ1) is 13.2. The summed E-state index contributed by atoms with van der Waals surface area (Å²) in [5.74, 6) is 2.49. The van der Waals surface area contributed by atoms with Crippen molar-refractivity contribution in [1.29, 1.82) is 0 Å². The molecule has 3 nitrogen and oxygen atoms in total. The minimum absolute atomic E-state index is 0.116. The van der Waals surface area contributed by atoms with Crippen molar-refractivity contribution < 1.29 is 4.74 Å². The summed E-state index contributed by atoms with van der Waals surface area (Å²) in [5.41, 5.74) is 6.71. The Hall–Kier alpha value is 0.230. The lowest BCUT2D eigenvalue weighted by atomic mass is 9.81. The third-order valence-corrected chi connectivity index (χ3v) is 6.06. The van der Waals surface area contributed by atoms with Crippen LogP contribution >= 0.6 is 11.8 Å². The average Bonchev–Trinajstić information content (AvgIpc) is 2.74. The van der Waals surface area contributed by atoms with Gasteiger partial charge in [0.05, 0.1) is 5.60 Å². The van der Waals surface area contributed by atoms with Gasteiger partial charge < -0.3 is 10.5 Å². The zero-order chi connectivity index (χ0) is 12.6. The van der Waals surface area contributed by atoms with Crippen molar-refractivity contribution >= 4 is 11.8 Å². The Morgan fingerprint density at radius 1 is 1.44 bits per heavy atom. The molecule has 0 aliphatic carbocycles. The molecular formula is C14H26N2OS. The second-order valence-corrected chi connectivity index (χ2v) is 7.60. The Morgan fingerprint density at radius 3 is 2.94 bits per heavy atom. The predicted octanol–water partition coefficient (Wildman–Crippen LogP) is 1.85. The van der Waals surface area contributed by atoms with Crippen molar-refractivity contribution in [3.8, 4) is 0 Å². The fourth-order valence-corrected chi connectivity index (χ4v) is 5.23. The van der Waals surface area contributed by atoms with Gasteiger partial charge in [-0.25, -0.2) is 0 Å². The molecule has 18 heavy (non-hydrogen) atoms. The van der Waals surface area contributed by atoms with Gasteiger partial charge in [0.2, 0.25) is 0 Å². The highest BCUT2D eigenvalue weighted by Gasteiger charge is 2.47. The van der Waals surface area contributed by atoms with Gasteiger partial charge >= 0.3 is 0 Å². The number of nitrogens with two attached hydrogens (primary N) is 1. The molecule has 3 saturated heterocycles. The number of ether oxygens (including phenoxy) is 1. The molecular weight excluding hydrogens is 244 g/mol. The first-order valence-electron chi connectivity index (χ1n) is 7.39. The summed E-state index contributed by atoms with van der Waals surface area (Å²) in [4.78, 5) is 2.61. The molecule has 2 unspecified atom stereocenters. The summed E-state index contributed by atoms with van der Waals surface area (Å²) in [6, 6.07) is 0.728. The molecule has 0 aromatic rings. The van der Waals surface area contributed by atoms with Gasteiger partial charge in [-0.05, 0) is 31.4 Å². The second-order valence-electron chi connectivity index (χ2n) is 6.50. The largest absolute Gasteiger partial charge is 0.374 e. The minimum Gasteiger partial charge on any atom is -0.374 e. The molecule has 3 fully saturated rings. The lowest BCUT2D eigenvalue weighted by molar-refractivity contribution is -0.109. The maximum atomic E-state index is 6.38. The standard InChI is InChI=1S/C14H26N2OS/c1-2-4-13(15)9-16(10-13)12-3-6-17-14(8-12)5-7-18-11-14/h12H,2-11,15H2,1H3. The summed E-state index contributed by atoms with van der Waals surface area (Å²) in [6.07, 6.45) is 6.08. The number of likely N-dealkylation sites (tertiary alicyclic amines) is 1. The second kappa shape index (κ2) is 4.97. The molecule has 3 heterocycles. The van der Waals surface area contributed by atoms with Gasteiger partial charge in [-0.3, -0.25) is 4.90 Å². The van der Waals surface area contributed by atoms with Crippen LogP contribution in [0.1, 0.15) is 39.0 Å². The maximum absolute atomic E-state index is 6.38. The molecule has 4 heteroatoms. The zero-order valence-corrected chi connectivity index (χ0v) is 12.3. The quantitative estimate of drug-likeness (QED) is 0.849. The summed E-state index contributed by atoms with van der Waals surface area (Å²) in [6.45, 7) is 5.40. The van der Waals surface area contributed by atoms with Gasteiger partial charge in [0.15, 0.2) is 0 Å². The van der Waals surface area contributed by atoms with Crippen molar-refractivity contribution in [2.75, 3.05) is 31.2 Å². The van der Waals surface area contributed by atoms with E-state index in [1.54, 1.807) is 0 Å². The molecule has 2 atom stereocenters. The number of hydrogen-bond acceptors (Lipinski definition) is 4. The van der Waals surface area contributed by atoms with Crippen LogP contribution in [0.5, 0.6) is 0 Å². The van der Waals surface area contributed by atoms with E-state index in [0.717, 1.165) is 25.7 Å². The fourth-order valence-electron chi connectivity index (χ4n) is 3.85. The monoisotopic (exact) mass is 270 g/mol. The van der Waals surface area contributed by atoms with E-state index in [0.29, 0.717) is 0 Å². The van der Waals surface area contributed by atoms with Gasteiger partial charge in [0, 0.05) is 37.0 Å². The van der Waals surface area contributed by atoms with Crippen LogP contribution in [0.4, 0.5) is 0 Å². The Kier molecular flexibility index (Phi) is 3.65. The summed E-state index contributed by atoms with van der Waals surface area (Å²) in [5, 5.41) is 0. The van der Waals surface area contributed by atoms with Gasteiger partial charge in [0.1, 0.15) is 0 Å². The first-order chi connectivity index (χ1) is 8.65. The number of hydrogen-bond donors (Lipinski definition) is 1. The van der Waals surface area contributed by atoms with Gasteiger partial charge in [0.25, 0.3) is 0 Å². The Balaban J connectivity index is 1.55. The van der Waals surface area contributed by atoms with Crippen molar-refractivity contribution in [3.63, 3.8) is 0 Å². The van der Waals surface area contributed by atoms with E-state index in [1.807, 2.05) is 0 Å². The molecule has 0 saturated carbocycles. The van der Waals surface area contributed by atoms with E-state index in [-0.39, 0.29) is 11.1 Å². The highest BCUT2D eigenvalue weighted by atomic mass is 32.2. The van der Waals surface area contributed by atoms with Crippen LogP contribution in [0.25, 0.3) is 0 Å². The third-order valence-electron chi connectivity index (χ3n) is 4.83. The van der Waals surface area contributed by atoms with Crippen LogP contribution in [0.15, 0.2) is 0 Å². The molecule has 3 aliphatic rings. The third kappa shape index (κ3) is 2.45. The van der Waals surface area contributed by atoms with E-state index in [4.69, 9.17) is 10.5 Å². The molecule has 104 valence electrons. The molecule has 3 rings (SSSR count). The molecule has 0 amide bonds. The fraction of sp³-hybridized carbons (Fsp3) is 1.00. The van der Waals surface area contributed by atoms with Crippen LogP contribution < -0.4 is 5.73 Å². The lowest BCUT2D eigenvalue weighted by Gasteiger charge is -2.54. The number of thioether (sulfide) groups is 1. The van der Waals surface area contributed by atoms with E-state index < -0.39 is 0 Å². The molecule has 0 radical (unpaired) electrons. The Labute approximate surface area is 115 Å². The molecule has 2 N–H and O–H groups in total. The van der Waals surface area contributed by atoms with Crippen molar-refractivity contribution in [1.82, 2.24) is 4.90 Å². The first-order valence-corrected chi connectivity index (χ1v) is 8.55. The minimum atomic E-state index is 0.116. The van der Waals surface area contributed by atoms with Gasteiger partial charge in [-0.15, -0.1) is 0 Å². The number of rotatable bonds is 3. The van der Waals surface area contributed by atoms with Crippen LogP contribution in [0, 0.1) is 0 Å². The predicted molar refractivity (Wildman–Crippen MR) is 77.0 cm³/mol. The molecule has 0 bridgehead atoms. The van der Waals surface area contributed by atoms with E-state index in [9.17, 15) is 0 Å². The highest BCUT2D eigenvalue weighted by Crippen LogP contribution is 2.41. The maximum Gasteiger partial charge on any atom is 0.0795 e. The van der Waals surface area contributed by atoms with Crippen molar-refractivity contribution in [3.05, 3.63) is 0 Å². The topological polar surface area (TPSA) is 38.5 Å². The molecule has 3 aliphatic heterocycles. The molecule has 0 aromatic carbocycles. The van der Waals surface area contributed by atoms with E-state index >= 15 is 0 Å². The van der Waals surface area contributed by atoms with Gasteiger partial charge in [-0.1, -0.05) is 13.3 Å². The summed E-state index contributed by atoms with van der Waals surface area (Å²) < 4.78 is 6.10. The average molecular weight is 270 g/mol. The Morgan fingerprint density at radius 2 is 2.28 bits per heavy atom. The molecule has 1 spiro atoms.